The topological polar surface area (TPSA) is 190 Å². The van der Waals surface area contributed by atoms with Crippen molar-refractivity contribution in [3.8, 4) is 28.3 Å². The van der Waals surface area contributed by atoms with E-state index in [1.165, 1.54) is 33.4 Å². The number of amides is 2. The van der Waals surface area contributed by atoms with Crippen LogP contribution in [0.2, 0.25) is 0 Å². The van der Waals surface area contributed by atoms with Crippen molar-refractivity contribution in [2.45, 2.75) is 122 Å². The summed E-state index contributed by atoms with van der Waals surface area (Å²) in [5, 5.41) is 7.35. The summed E-state index contributed by atoms with van der Waals surface area (Å²) in [7, 11) is 8.14. The van der Waals surface area contributed by atoms with Crippen LogP contribution in [0.15, 0.2) is 60.9 Å². The fourth-order valence-electron chi connectivity index (χ4n) is 10.8. The largest absolute Gasteiger partial charge is 0.471 e. The summed E-state index contributed by atoms with van der Waals surface area (Å²) in [5.74, 6) is 1.28. The van der Waals surface area contributed by atoms with Gasteiger partial charge in [-0.25, -0.2) is 14.2 Å². The number of H-pyrrole nitrogens is 1. The van der Waals surface area contributed by atoms with Crippen molar-refractivity contribution < 1.29 is 55.7 Å². The SMILES string of the molecule is CC(C)CC(=O)N1CCC[C@H]1N(C)N1C=C1c1cc(F)c2c(c1)OC(c1ccc(CC(F)(F)F)s1)n1c-2cc2cc(-c3cnc(C4CCCN4C)[nH]3)ccc21.CN.COC(=O)NC(C=O)C1CC(C)OC(C)C1.COC=O. The van der Waals surface area contributed by atoms with Crippen LogP contribution < -0.4 is 15.8 Å². The van der Waals surface area contributed by atoms with Gasteiger partial charge in [0.2, 0.25) is 12.1 Å². The number of nitrogens with one attached hydrogen (secondary N) is 2. The number of halogens is 4. The lowest BCUT2D eigenvalue weighted by Gasteiger charge is -2.34. The molecule has 2 aromatic carbocycles. The molecular formula is C55H71F4N9O8S. The highest BCUT2D eigenvalue weighted by molar-refractivity contribution is 7.12. The Labute approximate surface area is 450 Å². The third-order valence-electron chi connectivity index (χ3n) is 14.2. The Kier molecular flexibility index (Phi) is 19.3. The van der Waals surface area contributed by atoms with Gasteiger partial charge in [0.25, 0.3) is 6.47 Å². The van der Waals surface area contributed by atoms with E-state index in [9.17, 15) is 27.6 Å². The second-order valence-electron chi connectivity index (χ2n) is 20.3. The number of hydrogen-bond donors (Lipinski definition) is 3. The summed E-state index contributed by atoms with van der Waals surface area (Å²) >= 11 is 1.05. The first-order valence-corrected chi connectivity index (χ1v) is 26.7. The first-order valence-electron chi connectivity index (χ1n) is 25.9. The number of nitrogens with zero attached hydrogens (tertiary/aromatic N) is 6. The highest BCUT2D eigenvalue weighted by atomic mass is 32.1. The maximum atomic E-state index is 16.5. The van der Waals surface area contributed by atoms with E-state index in [2.05, 4.69) is 37.5 Å². The minimum atomic E-state index is -4.35. The molecule has 3 saturated heterocycles. The smallest absolute Gasteiger partial charge is 0.407 e. The van der Waals surface area contributed by atoms with Crippen molar-refractivity contribution >= 4 is 52.7 Å². The fourth-order valence-corrected chi connectivity index (χ4v) is 11.9. The van der Waals surface area contributed by atoms with E-state index in [0.717, 1.165) is 96.4 Å². The van der Waals surface area contributed by atoms with E-state index in [-0.39, 0.29) is 47.0 Å². The van der Waals surface area contributed by atoms with Crippen LogP contribution in [0.1, 0.15) is 106 Å². The number of benzene rings is 2. The molecule has 5 aliphatic rings. The lowest BCUT2D eigenvalue weighted by atomic mass is 9.87. The molecule has 0 radical (unpaired) electrons. The predicted octanol–water partition coefficient (Wildman–Crippen LogP) is 9.64. The van der Waals surface area contributed by atoms with Gasteiger partial charge < -0.3 is 44.7 Å². The molecule has 6 atom stereocenters. The Balaban J connectivity index is 0.000000330. The maximum Gasteiger partial charge on any atom is 0.407 e. The van der Waals surface area contributed by atoms with Gasteiger partial charge in [0.1, 0.15) is 29.8 Å². The van der Waals surface area contributed by atoms with Crippen LogP contribution in [0.5, 0.6) is 5.75 Å². The van der Waals surface area contributed by atoms with E-state index in [1.807, 2.05) is 97.0 Å². The molecule has 3 fully saturated rings. The van der Waals surface area contributed by atoms with Crippen molar-refractivity contribution in [1.82, 2.24) is 39.7 Å². The van der Waals surface area contributed by atoms with E-state index < -0.39 is 36.8 Å². The quantitative estimate of drug-likeness (QED) is 0.0747. The zero-order valence-electron chi connectivity index (χ0n) is 45.1. The number of carbonyl (C=O) groups is 4. The van der Waals surface area contributed by atoms with E-state index >= 15 is 4.39 Å². The number of rotatable bonds is 13. The molecule has 5 aromatic rings. The third kappa shape index (κ3) is 13.7. The van der Waals surface area contributed by atoms with Crippen LogP contribution in [0.25, 0.3) is 39.1 Å². The number of aromatic amines is 1. The molecular weight excluding hydrogens is 1020 g/mol. The molecule has 0 bridgehead atoms. The van der Waals surface area contributed by atoms with Crippen molar-refractivity contribution in [3.63, 3.8) is 0 Å². The molecule has 0 aliphatic carbocycles. The first kappa shape index (κ1) is 58.4. The first-order chi connectivity index (χ1) is 36.8. The fraction of sp³-hybridized carbons (Fsp3) is 0.509. The van der Waals surface area contributed by atoms with Crippen LogP contribution in [0, 0.1) is 17.7 Å². The highest BCUT2D eigenvalue weighted by Crippen LogP contribution is 2.49. The Bertz CT molecular complexity index is 2880. The number of aldehydes is 1. The second kappa shape index (κ2) is 25.4. The Hall–Kier alpha value is -6.33. The molecule has 17 nitrogen and oxygen atoms in total. The zero-order valence-corrected chi connectivity index (χ0v) is 45.9. The summed E-state index contributed by atoms with van der Waals surface area (Å²) in [6.45, 7) is 10.1. The number of methoxy groups -OCH3 is 2. The molecule has 2 amide bonds. The van der Waals surface area contributed by atoms with Crippen molar-refractivity contribution in [2.24, 2.45) is 17.6 Å². The number of fused-ring (bicyclic) bond motifs is 5. The van der Waals surface area contributed by atoms with Crippen LogP contribution in [0.3, 0.4) is 0 Å². The average Bonchev–Trinajstić information content (AvgIpc) is 4.02. The van der Waals surface area contributed by atoms with Crippen molar-refractivity contribution in [1.29, 1.82) is 0 Å². The molecule has 77 heavy (non-hydrogen) atoms. The summed E-state index contributed by atoms with van der Waals surface area (Å²) in [5.41, 5.74) is 9.33. The zero-order chi connectivity index (χ0) is 55.9. The molecule has 22 heteroatoms. The number of carbonyl (C=O) groups excluding carboxylic acids is 4. The second-order valence-corrected chi connectivity index (χ2v) is 21.5. The number of likely N-dealkylation sites (tertiary alicyclic amines) is 2. The maximum absolute atomic E-state index is 16.5. The summed E-state index contributed by atoms with van der Waals surface area (Å²) in [6, 6.07) is 14.1. The standard InChI is InChI=1S/C41H43F4N7O2S.C11H19NO4.C2H4O2.CH5N/c1-23(2)15-37(53)50-14-6-8-36(50)49(4)51-22-33(51)26-17-28(42)38-32-18-25-16-24(29-21-46-39(47-29)31-7-5-13-48(31)3)9-11-30(25)52(32)40(54-34(38)19-26)35-12-10-27(55-35)20-41(43,44)45;1-7-4-9(5-8(2)16-7)10(6-13)12-11(14)15-3;1-4-2-3;1-2/h9-12,16-19,21-23,31,36,40H,5-8,13-15,20H2,1-4H3,(H,46,47);6-10H,4-5H2,1-3H3,(H,12,14);2H,1H3;2H2,1H3/t31?,36-,40?,51?;;;/m0.../s1. The number of alkyl carbamates (subject to hydrolysis) is 1. The number of nitrogens with two attached hydrogens (primary N) is 1. The molecule has 8 heterocycles. The molecule has 5 aliphatic heterocycles. The third-order valence-corrected chi connectivity index (χ3v) is 15.4. The predicted molar refractivity (Wildman–Crippen MR) is 285 cm³/mol. The number of ether oxygens (including phenoxy) is 4. The van der Waals surface area contributed by atoms with E-state index in [4.69, 9.17) is 19.3 Å². The molecule has 418 valence electrons. The number of hydrazine groups is 1. The minimum Gasteiger partial charge on any atom is -0.471 e. The Morgan fingerprint density at radius 2 is 1.73 bits per heavy atom. The van der Waals surface area contributed by atoms with Crippen molar-refractivity contribution in [2.75, 3.05) is 48.5 Å². The minimum absolute atomic E-state index is 0.106. The van der Waals surface area contributed by atoms with Gasteiger partial charge in [-0.15, -0.1) is 11.3 Å². The van der Waals surface area contributed by atoms with Crippen molar-refractivity contribution in [3.05, 3.63) is 87.9 Å². The Morgan fingerprint density at radius 3 is 2.36 bits per heavy atom. The normalized spacial score (nSPS) is 22.0. The van der Waals surface area contributed by atoms with Gasteiger partial charge >= 0.3 is 12.3 Å². The molecule has 10 rings (SSSR count). The number of thiophene rings is 1. The van der Waals surface area contributed by atoms with Crippen LogP contribution in [-0.2, 0) is 35.0 Å². The number of aromatic nitrogens is 3. The van der Waals surface area contributed by atoms with E-state index in [1.54, 1.807) is 6.07 Å². The highest BCUT2D eigenvalue weighted by Gasteiger charge is 2.40. The monoisotopic (exact) mass is 1090 g/mol. The lowest BCUT2D eigenvalue weighted by Crippen LogP contribution is -2.48. The van der Waals surface area contributed by atoms with Gasteiger partial charge in [-0.1, -0.05) is 19.9 Å². The molecule has 0 spiro atoms. The van der Waals surface area contributed by atoms with Crippen LogP contribution >= 0.6 is 11.3 Å². The Morgan fingerprint density at radius 1 is 1.01 bits per heavy atom. The number of imidazole rings is 1. The van der Waals surface area contributed by atoms with Gasteiger partial charge in [-0.3, -0.25) is 24.1 Å². The van der Waals surface area contributed by atoms with E-state index in [0.29, 0.717) is 46.9 Å². The summed E-state index contributed by atoms with van der Waals surface area (Å²) in [4.78, 5) is 57.2. The van der Waals surface area contributed by atoms with Gasteiger partial charge in [0, 0.05) is 47.6 Å². The number of hydrogen-bond acceptors (Lipinski definition) is 14. The molecule has 3 aromatic heterocycles. The van der Waals surface area contributed by atoms with Gasteiger partial charge in [-0.05, 0) is 127 Å². The van der Waals surface area contributed by atoms with Gasteiger partial charge in [0.15, 0.2) is 0 Å². The lowest BCUT2D eigenvalue weighted by molar-refractivity contribution is -0.138. The van der Waals surface area contributed by atoms with Crippen LogP contribution in [0.4, 0.5) is 22.4 Å². The summed E-state index contributed by atoms with van der Waals surface area (Å²) < 4.78 is 79.3. The summed E-state index contributed by atoms with van der Waals surface area (Å²) in [6.07, 6.45) is 3.84. The van der Waals surface area contributed by atoms with Crippen LogP contribution in [-0.4, -0.2) is 138 Å². The van der Waals surface area contributed by atoms with Gasteiger partial charge in [0.05, 0.1) is 84.2 Å². The van der Waals surface area contributed by atoms with Gasteiger partial charge in [-0.2, -0.15) is 18.2 Å². The average molecular weight is 1090 g/mol. The number of alkyl halides is 3. The molecule has 0 saturated carbocycles. The molecule has 4 N–H and O–H groups in total. The molecule has 5 unspecified atom stereocenters.